The van der Waals surface area contributed by atoms with Gasteiger partial charge in [-0.05, 0) is 108 Å². The Kier molecular flexibility index (Phi) is 10.8. The molecule has 0 bridgehead atoms. The summed E-state index contributed by atoms with van der Waals surface area (Å²) < 4.78 is 19.4. The lowest BCUT2D eigenvalue weighted by Gasteiger charge is -2.30. The summed E-state index contributed by atoms with van der Waals surface area (Å²) >= 11 is 7.95. The van der Waals surface area contributed by atoms with Crippen molar-refractivity contribution in [3.63, 3.8) is 0 Å². The fraction of sp³-hybridized carbons (Fsp3) is 0.567. The molecule has 2 aromatic rings. The highest BCUT2D eigenvalue weighted by Gasteiger charge is 2.44. The molecule has 0 amide bonds. The molecule has 1 N–H and O–H groups in total. The Hall–Kier alpha value is -1.93. The summed E-state index contributed by atoms with van der Waals surface area (Å²) in [5.74, 6) is -0.225. The highest BCUT2D eigenvalue weighted by molar-refractivity contribution is 8.01. The first-order valence-corrected chi connectivity index (χ1v) is 14.7. The number of anilines is 2. The van der Waals surface area contributed by atoms with E-state index in [1.165, 1.54) is 16.7 Å². The monoisotopic (exact) mass is 562 g/mol. The molecule has 0 spiro atoms. The van der Waals surface area contributed by atoms with Gasteiger partial charge in [0.1, 0.15) is 11.6 Å². The van der Waals surface area contributed by atoms with Gasteiger partial charge in [0.05, 0.1) is 16.3 Å². The zero-order chi connectivity index (χ0) is 28.0. The molecular formula is C30H43ClN2O4S. The Morgan fingerprint density at radius 1 is 1.13 bits per heavy atom. The van der Waals surface area contributed by atoms with E-state index in [0.717, 1.165) is 35.7 Å². The van der Waals surface area contributed by atoms with Crippen molar-refractivity contribution in [2.24, 2.45) is 0 Å². The van der Waals surface area contributed by atoms with Crippen molar-refractivity contribution >= 4 is 40.9 Å². The normalized spacial score (nSPS) is 17.2. The lowest BCUT2D eigenvalue weighted by molar-refractivity contribution is -0.156. The highest BCUT2D eigenvalue weighted by atomic mass is 35.5. The second-order valence-corrected chi connectivity index (χ2v) is 12.1. The maximum Gasteiger partial charge on any atom is 0.330 e. The van der Waals surface area contributed by atoms with Crippen LogP contribution < -0.4 is 9.62 Å². The van der Waals surface area contributed by atoms with E-state index in [9.17, 15) is 4.79 Å². The smallest absolute Gasteiger partial charge is 0.330 e. The van der Waals surface area contributed by atoms with Gasteiger partial charge in [-0.2, -0.15) is 0 Å². The number of nitrogens with one attached hydrogen (secondary N) is 1. The summed E-state index contributed by atoms with van der Waals surface area (Å²) in [4.78, 5) is 14.5. The number of rotatable bonds is 12. The van der Waals surface area contributed by atoms with Crippen LogP contribution in [0.15, 0.2) is 35.2 Å². The Morgan fingerprint density at radius 2 is 1.82 bits per heavy atom. The van der Waals surface area contributed by atoms with Crippen LogP contribution in [0.1, 0.15) is 77.0 Å². The van der Waals surface area contributed by atoms with Crippen molar-refractivity contribution in [2.45, 2.75) is 97.0 Å². The third-order valence-electron chi connectivity index (χ3n) is 6.61. The molecule has 0 fully saturated rings. The first-order valence-electron chi connectivity index (χ1n) is 13.5. The van der Waals surface area contributed by atoms with Gasteiger partial charge in [0.2, 0.25) is 0 Å². The molecule has 1 aliphatic rings. The van der Waals surface area contributed by atoms with E-state index in [1.54, 1.807) is 11.9 Å². The minimum Gasteiger partial charge on any atom is -0.458 e. The fourth-order valence-corrected chi connectivity index (χ4v) is 6.16. The molecule has 0 saturated heterocycles. The average Bonchev–Trinajstić information content (AvgIpc) is 3.11. The molecule has 8 heteroatoms. The number of hydrogen-bond acceptors (Lipinski definition) is 7. The van der Waals surface area contributed by atoms with Crippen molar-refractivity contribution < 1.29 is 19.0 Å². The first-order chi connectivity index (χ1) is 18.0. The Balaban J connectivity index is 1.86. The van der Waals surface area contributed by atoms with E-state index in [2.05, 4.69) is 42.5 Å². The Labute approximate surface area is 237 Å². The van der Waals surface area contributed by atoms with Gasteiger partial charge in [-0.15, -0.1) is 0 Å². The lowest BCUT2D eigenvalue weighted by Crippen LogP contribution is -2.40. The van der Waals surface area contributed by atoms with Crippen LogP contribution in [0.4, 0.5) is 11.4 Å². The number of hydrogen-bond donors (Lipinski definition) is 1. The average molecular weight is 563 g/mol. The molecule has 3 rings (SSSR count). The summed E-state index contributed by atoms with van der Waals surface area (Å²) in [5, 5.41) is 4.20. The van der Waals surface area contributed by atoms with Crippen molar-refractivity contribution in [3.05, 3.63) is 52.0 Å². The number of aryl methyl sites for hydroxylation is 1. The summed E-state index contributed by atoms with van der Waals surface area (Å²) in [7, 11) is 0. The van der Waals surface area contributed by atoms with E-state index in [4.69, 9.17) is 25.8 Å². The molecule has 210 valence electrons. The van der Waals surface area contributed by atoms with Gasteiger partial charge < -0.3 is 19.5 Å². The second-order valence-electron chi connectivity index (χ2n) is 10.7. The van der Waals surface area contributed by atoms with E-state index >= 15 is 0 Å². The molecule has 0 aromatic heterocycles. The van der Waals surface area contributed by atoms with Crippen LogP contribution in [0.25, 0.3) is 0 Å². The summed E-state index contributed by atoms with van der Waals surface area (Å²) in [5.41, 5.74) is 5.06. The van der Waals surface area contributed by atoms with Crippen LogP contribution in [0.2, 0.25) is 5.02 Å². The van der Waals surface area contributed by atoms with Crippen LogP contribution >= 0.6 is 23.5 Å². The molecule has 1 heterocycles. The molecule has 2 atom stereocenters. The minimum atomic E-state index is -0.569. The minimum absolute atomic E-state index is 0.00924. The van der Waals surface area contributed by atoms with Gasteiger partial charge in [-0.1, -0.05) is 24.6 Å². The van der Waals surface area contributed by atoms with Crippen molar-refractivity contribution in [2.75, 3.05) is 29.4 Å². The number of fused-ring (bicyclic) bond motifs is 1. The predicted octanol–water partition coefficient (Wildman–Crippen LogP) is 7.89. The molecular weight excluding hydrogens is 520 g/mol. The van der Waals surface area contributed by atoms with E-state index in [0.29, 0.717) is 18.2 Å². The highest BCUT2D eigenvalue weighted by Crippen LogP contribution is 2.50. The van der Waals surface area contributed by atoms with Crippen LogP contribution in [-0.4, -0.2) is 43.7 Å². The number of benzene rings is 2. The molecule has 0 aliphatic carbocycles. The van der Waals surface area contributed by atoms with Gasteiger partial charge in [-0.25, -0.2) is 4.79 Å². The van der Waals surface area contributed by atoms with Crippen molar-refractivity contribution in [1.82, 2.24) is 0 Å². The van der Waals surface area contributed by atoms with Crippen LogP contribution in [0.5, 0.6) is 0 Å². The molecule has 1 aliphatic heterocycles. The van der Waals surface area contributed by atoms with Crippen molar-refractivity contribution in [3.8, 4) is 0 Å². The zero-order valence-electron chi connectivity index (χ0n) is 24.0. The molecule has 0 saturated carbocycles. The van der Waals surface area contributed by atoms with Gasteiger partial charge in [-0.3, -0.25) is 4.31 Å². The number of halogens is 1. The van der Waals surface area contributed by atoms with Gasteiger partial charge in [0, 0.05) is 37.1 Å². The zero-order valence-corrected chi connectivity index (χ0v) is 25.6. The Morgan fingerprint density at radius 3 is 2.45 bits per heavy atom. The summed E-state index contributed by atoms with van der Waals surface area (Å²) in [6, 6.07) is 9.63. The summed E-state index contributed by atoms with van der Waals surface area (Å²) in [6.45, 7) is 18.0. The number of carbonyl (C=O) groups excluding carboxylic acids is 1. The number of esters is 1. The van der Waals surface area contributed by atoms with Gasteiger partial charge >= 0.3 is 5.97 Å². The maximum atomic E-state index is 13.5. The Bertz CT molecular complexity index is 1100. The quantitative estimate of drug-likeness (QED) is 0.122. The van der Waals surface area contributed by atoms with E-state index in [1.807, 2.05) is 52.8 Å². The topological polar surface area (TPSA) is 60.0 Å². The second kappa shape index (κ2) is 13.4. The van der Waals surface area contributed by atoms with Gasteiger partial charge in [0.25, 0.3) is 0 Å². The van der Waals surface area contributed by atoms with Crippen molar-refractivity contribution in [1.29, 1.82) is 0 Å². The van der Waals surface area contributed by atoms with Crippen LogP contribution in [-0.2, 0) is 19.0 Å². The predicted molar refractivity (Wildman–Crippen MR) is 159 cm³/mol. The third kappa shape index (κ3) is 7.59. The summed E-state index contributed by atoms with van der Waals surface area (Å²) in [6.07, 6.45) is 1.49. The first kappa shape index (κ1) is 30.6. The third-order valence-corrected chi connectivity index (χ3v) is 8.01. The fourth-order valence-electron chi connectivity index (χ4n) is 4.77. The molecule has 2 aromatic carbocycles. The molecule has 6 nitrogen and oxygen atoms in total. The molecule has 2 unspecified atom stereocenters. The van der Waals surface area contributed by atoms with Crippen LogP contribution in [0, 0.1) is 13.8 Å². The van der Waals surface area contributed by atoms with E-state index in [-0.39, 0.29) is 18.2 Å². The van der Waals surface area contributed by atoms with Gasteiger partial charge in [0.15, 0.2) is 6.29 Å². The van der Waals surface area contributed by atoms with E-state index < -0.39 is 11.6 Å². The maximum absolute atomic E-state index is 13.5. The largest absolute Gasteiger partial charge is 0.458 e. The van der Waals surface area contributed by atoms with Crippen LogP contribution in [0.3, 0.4) is 0 Å². The number of nitrogens with zero attached hydrogens (tertiary/aromatic N) is 1. The lowest BCUT2D eigenvalue weighted by atomic mass is 9.91. The SMILES string of the molecule is CCOC(CCCNc1cc(Cl)ccc1SN1c2ccc(C)c(C)c2C(C)C1C(=O)OC(C)(C)C)OCC. The molecule has 0 radical (unpaired) electrons. The number of ether oxygens (including phenoxy) is 3. The molecule has 38 heavy (non-hydrogen) atoms. The number of carbonyl (C=O) groups is 1. The standard InChI is InChI=1S/C30H43ClN2O4S/c1-9-35-26(36-10-2)12-11-17-32-23-18-22(31)14-16-25(23)38-33-24-15-13-19(3)20(4)27(24)21(5)28(33)29(34)37-30(6,7)8/h13-16,18,21,26,28,32H,9-12,17H2,1-8H3.